The first-order chi connectivity index (χ1) is 11.2. The molecule has 0 fully saturated rings. The van der Waals surface area contributed by atoms with Crippen molar-refractivity contribution in [3.63, 3.8) is 0 Å². The van der Waals surface area contributed by atoms with Gasteiger partial charge in [0.25, 0.3) is 0 Å². The summed E-state index contributed by atoms with van der Waals surface area (Å²) < 4.78 is 0. The normalized spacial score (nSPS) is 9.50. The molecule has 0 bridgehead atoms. The van der Waals surface area contributed by atoms with E-state index in [4.69, 9.17) is 0 Å². The van der Waals surface area contributed by atoms with Gasteiger partial charge in [0, 0.05) is 25.8 Å². The molecule has 176 valence electrons. The standard InChI is InChI=1S/C16H19.C5H5.C2H5.6CH3.Hf/c1-11(2)8-14-6-7-15-9-12-4-3-5-13(12)10-16(14)15;1-2-4-5-3-1;1-2;;;;;;;/h6-7,9-11H,3-5,8H2,1-2H3;1-5H;1H2,2H3;6*1H3;/q9*-1;. The summed E-state index contributed by atoms with van der Waals surface area (Å²) in [4.78, 5) is 0. The molecule has 3 aromatic rings. The number of fused-ring (bicyclic) bond motifs is 2. The van der Waals surface area contributed by atoms with E-state index in [1.54, 1.807) is 23.6 Å². The van der Waals surface area contributed by atoms with Gasteiger partial charge in [0.15, 0.2) is 0 Å². The van der Waals surface area contributed by atoms with Crippen molar-refractivity contribution in [3.05, 3.63) is 123 Å². The zero-order valence-electron chi connectivity index (χ0n) is 21.3. The molecule has 1 aliphatic rings. The van der Waals surface area contributed by atoms with Gasteiger partial charge < -0.3 is 51.5 Å². The van der Waals surface area contributed by atoms with Gasteiger partial charge in [-0.15, -0.1) is 34.5 Å². The summed E-state index contributed by atoms with van der Waals surface area (Å²) in [6, 6.07) is 19.5. The van der Waals surface area contributed by atoms with E-state index in [-0.39, 0.29) is 70.4 Å². The Hall–Kier alpha value is -0.950. The van der Waals surface area contributed by atoms with E-state index in [9.17, 15) is 0 Å². The van der Waals surface area contributed by atoms with Gasteiger partial charge in [0.05, 0.1) is 0 Å². The molecule has 0 unspecified atom stereocenters. The van der Waals surface area contributed by atoms with E-state index in [1.165, 1.54) is 36.5 Å². The molecular formula is C29H47Hf-9. The van der Waals surface area contributed by atoms with E-state index >= 15 is 0 Å². The second-order valence-corrected chi connectivity index (χ2v) is 6.48. The van der Waals surface area contributed by atoms with Crippen LogP contribution >= 0.6 is 0 Å². The van der Waals surface area contributed by atoms with Crippen molar-refractivity contribution >= 4 is 10.8 Å². The number of aryl methyl sites for hydroxylation is 2. The van der Waals surface area contributed by atoms with E-state index in [2.05, 4.69) is 45.0 Å². The zero-order valence-corrected chi connectivity index (χ0v) is 24.9. The summed E-state index contributed by atoms with van der Waals surface area (Å²) >= 11 is 0. The number of rotatable bonds is 2. The van der Waals surface area contributed by atoms with Gasteiger partial charge in [0.1, 0.15) is 0 Å². The molecule has 0 heterocycles. The maximum atomic E-state index is 3.25. The van der Waals surface area contributed by atoms with Crippen molar-refractivity contribution in [1.82, 2.24) is 0 Å². The third-order valence-corrected chi connectivity index (χ3v) is 4.26. The van der Waals surface area contributed by atoms with Crippen molar-refractivity contribution in [2.24, 2.45) is 5.92 Å². The smallest absolute Gasteiger partial charge is 0 e. The van der Waals surface area contributed by atoms with Crippen LogP contribution in [0.15, 0.2) is 54.6 Å². The molecular weight excluding hydrogens is 527 g/mol. The SMILES string of the molecule is CC(C)C[c-]1ccc2cc3c(cc21)CCC3.[CH2-]C.[CH3-].[CH3-].[CH3-].[CH3-].[CH3-].[CH3-].[Hf].c1cc[cH-]c1. The molecule has 0 spiro atoms. The fourth-order valence-electron chi connectivity index (χ4n) is 3.28. The Morgan fingerprint density at radius 1 is 0.900 bits per heavy atom. The maximum Gasteiger partial charge on any atom is 0 e. The van der Waals surface area contributed by atoms with Crippen molar-refractivity contribution in [3.8, 4) is 0 Å². The molecule has 0 nitrogen and oxygen atoms in total. The zero-order chi connectivity index (χ0) is 16.7. The van der Waals surface area contributed by atoms with Crippen LogP contribution < -0.4 is 0 Å². The predicted molar refractivity (Wildman–Crippen MR) is 142 cm³/mol. The summed E-state index contributed by atoms with van der Waals surface area (Å²) in [6.07, 6.45) is 5.14. The quantitative estimate of drug-likeness (QED) is 0.212. The molecule has 30 heavy (non-hydrogen) atoms. The van der Waals surface area contributed by atoms with E-state index in [0.29, 0.717) is 0 Å². The molecule has 0 radical (unpaired) electrons. The minimum Gasteiger partial charge on any atom is -0.358 e. The predicted octanol–water partition coefficient (Wildman–Crippen LogP) is 9.19. The second-order valence-electron chi connectivity index (χ2n) is 6.48. The average Bonchev–Trinajstić information content (AvgIpc) is 3.30. The molecule has 0 amide bonds. The van der Waals surface area contributed by atoms with E-state index < -0.39 is 0 Å². The molecule has 0 atom stereocenters. The number of hydrogen-bond donors (Lipinski definition) is 0. The van der Waals surface area contributed by atoms with Gasteiger partial charge in [-0.2, -0.15) is 31.2 Å². The molecule has 1 heteroatoms. The largest absolute Gasteiger partial charge is 0.358 e. The molecule has 0 saturated heterocycles. The first kappa shape index (κ1) is 43.0. The Balaban J connectivity index is -0.0000000913. The molecule has 0 aliphatic heterocycles. The molecule has 4 rings (SSSR count). The van der Waals surface area contributed by atoms with Crippen LogP contribution in [0.1, 0.15) is 43.9 Å². The first-order valence-corrected chi connectivity index (χ1v) is 8.81. The minimum atomic E-state index is 0. The summed E-state index contributed by atoms with van der Waals surface area (Å²) in [5.41, 5.74) is 4.73. The third kappa shape index (κ3) is 12.0. The van der Waals surface area contributed by atoms with Gasteiger partial charge in [-0.25, -0.2) is 12.1 Å². The molecule has 0 saturated carbocycles. The first-order valence-electron chi connectivity index (χ1n) is 8.81. The minimum absolute atomic E-state index is 0. The van der Waals surface area contributed by atoms with Crippen LogP contribution in [-0.4, -0.2) is 0 Å². The van der Waals surface area contributed by atoms with Crippen LogP contribution in [0.25, 0.3) is 10.8 Å². The Bertz CT molecular complexity index is 669. The third-order valence-electron chi connectivity index (χ3n) is 4.26. The van der Waals surface area contributed by atoms with Gasteiger partial charge in [-0.3, -0.25) is 0 Å². The Labute approximate surface area is 211 Å². The van der Waals surface area contributed by atoms with Crippen LogP contribution in [0.3, 0.4) is 0 Å². The van der Waals surface area contributed by atoms with Crippen molar-refractivity contribution in [2.75, 3.05) is 0 Å². The number of hydrogen-bond acceptors (Lipinski definition) is 0. The van der Waals surface area contributed by atoms with Crippen LogP contribution in [0.2, 0.25) is 0 Å². The average molecular weight is 574 g/mol. The topological polar surface area (TPSA) is 0 Å². The Morgan fingerprint density at radius 2 is 1.40 bits per heavy atom. The second kappa shape index (κ2) is 22.7. The monoisotopic (exact) mass is 575 g/mol. The van der Waals surface area contributed by atoms with Crippen molar-refractivity contribution in [1.29, 1.82) is 0 Å². The summed E-state index contributed by atoms with van der Waals surface area (Å²) in [6.45, 7) is 9.60. The fourth-order valence-corrected chi connectivity index (χ4v) is 3.28. The molecule has 0 N–H and O–H groups in total. The molecule has 0 aromatic heterocycles. The Kier molecular flexibility index (Phi) is 32.6. The Morgan fingerprint density at radius 3 is 1.83 bits per heavy atom. The molecule has 3 aromatic carbocycles. The summed E-state index contributed by atoms with van der Waals surface area (Å²) in [7, 11) is 0. The van der Waals surface area contributed by atoms with Gasteiger partial charge in [-0.05, 0) is 19.3 Å². The maximum absolute atomic E-state index is 3.25. The summed E-state index contributed by atoms with van der Waals surface area (Å²) in [5.74, 6) is 0.749. The van der Waals surface area contributed by atoms with Gasteiger partial charge in [-0.1, -0.05) is 37.3 Å². The van der Waals surface area contributed by atoms with Gasteiger partial charge >= 0.3 is 0 Å². The fraction of sp³-hybridized carbons (Fsp3) is 0.276. The van der Waals surface area contributed by atoms with E-state index in [1.807, 2.05) is 30.3 Å². The van der Waals surface area contributed by atoms with Crippen LogP contribution in [-0.2, 0) is 45.1 Å². The number of benzene rings is 1. The van der Waals surface area contributed by atoms with Crippen molar-refractivity contribution < 1.29 is 25.8 Å². The molecule has 1 aliphatic carbocycles. The van der Waals surface area contributed by atoms with Crippen LogP contribution in [0.5, 0.6) is 0 Å². The summed E-state index contributed by atoms with van der Waals surface area (Å²) in [5, 5.41) is 2.96. The van der Waals surface area contributed by atoms with E-state index in [0.717, 1.165) is 5.92 Å². The van der Waals surface area contributed by atoms with Crippen molar-refractivity contribution in [2.45, 2.75) is 46.5 Å². The van der Waals surface area contributed by atoms with Crippen LogP contribution in [0.4, 0.5) is 0 Å². The van der Waals surface area contributed by atoms with Crippen LogP contribution in [0, 0.1) is 57.4 Å². The van der Waals surface area contributed by atoms with Gasteiger partial charge in [0.2, 0.25) is 0 Å².